The molecule has 3 heteroatoms. The quantitative estimate of drug-likeness (QED) is 0.597. The molecule has 0 atom stereocenters. The van der Waals surface area contributed by atoms with Crippen LogP contribution >= 0.6 is 0 Å². The number of hydrogen-bond acceptors (Lipinski definition) is 3. The van der Waals surface area contributed by atoms with Crippen molar-refractivity contribution in [2.24, 2.45) is 5.73 Å². The van der Waals surface area contributed by atoms with Gasteiger partial charge >= 0.3 is 0 Å². The third kappa shape index (κ3) is 1.39. The van der Waals surface area contributed by atoms with Crippen LogP contribution in [-0.4, -0.2) is 11.3 Å². The van der Waals surface area contributed by atoms with E-state index >= 15 is 0 Å². The Morgan fingerprint density at radius 2 is 2.40 bits per heavy atom. The first-order chi connectivity index (χ1) is 4.86. The molecular formula is C7H8N2O. The number of carbonyl (C=O) groups excluding carboxylic acids is 1. The zero-order valence-electron chi connectivity index (χ0n) is 5.45. The minimum Gasteiger partial charge on any atom is -0.326 e. The van der Waals surface area contributed by atoms with E-state index in [4.69, 9.17) is 5.73 Å². The Labute approximate surface area is 58.9 Å². The van der Waals surface area contributed by atoms with Gasteiger partial charge in [0.1, 0.15) is 5.69 Å². The second-order valence-electron chi connectivity index (χ2n) is 1.91. The maximum atomic E-state index is 10.1. The number of aromatic nitrogens is 1. The van der Waals surface area contributed by atoms with Gasteiger partial charge in [0.05, 0.1) is 0 Å². The zero-order chi connectivity index (χ0) is 7.40. The van der Waals surface area contributed by atoms with Gasteiger partial charge in [-0.15, -0.1) is 0 Å². The summed E-state index contributed by atoms with van der Waals surface area (Å²) in [5.74, 6) is 0. The van der Waals surface area contributed by atoms with Crippen molar-refractivity contribution in [2.45, 2.75) is 6.54 Å². The molecule has 1 aromatic rings. The molecule has 1 heterocycles. The van der Waals surface area contributed by atoms with E-state index in [1.54, 1.807) is 18.3 Å². The lowest BCUT2D eigenvalue weighted by Crippen LogP contribution is -1.97. The van der Waals surface area contributed by atoms with Crippen LogP contribution in [0.25, 0.3) is 0 Å². The van der Waals surface area contributed by atoms with Crippen molar-refractivity contribution in [2.75, 3.05) is 0 Å². The largest absolute Gasteiger partial charge is 0.326 e. The van der Waals surface area contributed by atoms with Crippen molar-refractivity contribution >= 4 is 6.29 Å². The third-order valence-corrected chi connectivity index (χ3v) is 1.20. The van der Waals surface area contributed by atoms with Crippen LogP contribution in [0.1, 0.15) is 16.1 Å². The molecule has 0 aliphatic carbocycles. The number of rotatable bonds is 2. The van der Waals surface area contributed by atoms with Gasteiger partial charge in [0, 0.05) is 12.7 Å². The fourth-order valence-corrected chi connectivity index (χ4v) is 0.626. The highest BCUT2D eigenvalue weighted by molar-refractivity contribution is 5.71. The molecule has 52 valence electrons. The van der Waals surface area contributed by atoms with Crippen LogP contribution in [-0.2, 0) is 6.54 Å². The van der Waals surface area contributed by atoms with Gasteiger partial charge in [0.2, 0.25) is 0 Å². The van der Waals surface area contributed by atoms with Crippen LogP contribution in [0.2, 0.25) is 0 Å². The molecule has 1 rings (SSSR count). The average molecular weight is 136 g/mol. The van der Waals surface area contributed by atoms with Crippen LogP contribution < -0.4 is 5.73 Å². The molecule has 0 unspecified atom stereocenters. The van der Waals surface area contributed by atoms with Gasteiger partial charge < -0.3 is 5.73 Å². The summed E-state index contributed by atoms with van der Waals surface area (Å²) in [6.45, 7) is 0.464. The van der Waals surface area contributed by atoms with Crippen LogP contribution in [0.15, 0.2) is 18.3 Å². The molecule has 0 saturated heterocycles. The first-order valence-electron chi connectivity index (χ1n) is 2.97. The summed E-state index contributed by atoms with van der Waals surface area (Å²) in [5, 5.41) is 0. The maximum absolute atomic E-state index is 10.1. The van der Waals surface area contributed by atoms with Crippen LogP contribution in [0.3, 0.4) is 0 Å². The Kier molecular flexibility index (Phi) is 2.12. The van der Waals surface area contributed by atoms with Gasteiger partial charge in [0.15, 0.2) is 6.29 Å². The van der Waals surface area contributed by atoms with Crippen molar-refractivity contribution in [3.63, 3.8) is 0 Å². The molecule has 0 aliphatic heterocycles. The molecule has 0 fully saturated rings. The topological polar surface area (TPSA) is 56.0 Å². The van der Waals surface area contributed by atoms with Crippen molar-refractivity contribution < 1.29 is 4.79 Å². The summed E-state index contributed by atoms with van der Waals surface area (Å²) in [6.07, 6.45) is 2.31. The second-order valence-corrected chi connectivity index (χ2v) is 1.91. The lowest BCUT2D eigenvalue weighted by atomic mass is 10.2. The highest BCUT2D eigenvalue weighted by Crippen LogP contribution is 1.95. The first kappa shape index (κ1) is 6.89. The van der Waals surface area contributed by atoms with Crippen molar-refractivity contribution in [1.82, 2.24) is 4.98 Å². The molecule has 0 spiro atoms. The summed E-state index contributed by atoms with van der Waals surface area (Å²) in [6, 6.07) is 3.44. The molecule has 3 nitrogen and oxygen atoms in total. The number of pyridine rings is 1. The number of carbonyl (C=O) groups is 1. The second kappa shape index (κ2) is 3.08. The smallest absolute Gasteiger partial charge is 0.168 e. The third-order valence-electron chi connectivity index (χ3n) is 1.20. The first-order valence-corrected chi connectivity index (χ1v) is 2.97. The Morgan fingerprint density at radius 1 is 1.60 bits per heavy atom. The van der Waals surface area contributed by atoms with Gasteiger partial charge in [-0.25, -0.2) is 0 Å². The predicted octanol–water partition coefficient (Wildman–Crippen LogP) is 0.353. The van der Waals surface area contributed by atoms with Crippen molar-refractivity contribution in [3.8, 4) is 0 Å². The molecule has 0 aliphatic rings. The van der Waals surface area contributed by atoms with E-state index in [-0.39, 0.29) is 0 Å². The lowest BCUT2D eigenvalue weighted by molar-refractivity contribution is 0.111. The number of aldehydes is 1. The van der Waals surface area contributed by atoms with Crippen molar-refractivity contribution in [1.29, 1.82) is 0 Å². The average Bonchev–Trinajstić information content (AvgIpc) is 2.05. The Balaban J connectivity index is 2.90. The zero-order valence-corrected chi connectivity index (χ0v) is 5.45. The van der Waals surface area contributed by atoms with E-state index in [0.717, 1.165) is 5.56 Å². The molecule has 0 amide bonds. The predicted molar refractivity (Wildman–Crippen MR) is 37.5 cm³/mol. The number of hydrogen-bond donors (Lipinski definition) is 1. The standard InChI is InChI=1S/C7H8N2O/c8-3-6-1-2-7(5-10)9-4-6/h1-2,4-5H,3,8H2. The summed E-state index contributed by atoms with van der Waals surface area (Å²) in [5.41, 5.74) is 6.69. The summed E-state index contributed by atoms with van der Waals surface area (Å²) in [7, 11) is 0. The van der Waals surface area contributed by atoms with E-state index < -0.39 is 0 Å². The van der Waals surface area contributed by atoms with E-state index in [0.29, 0.717) is 18.5 Å². The summed E-state index contributed by atoms with van der Waals surface area (Å²) >= 11 is 0. The molecule has 0 saturated carbocycles. The van der Waals surface area contributed by atoms with Gasteiger partial charge in [-0.05, 0) is 11.6 Å². The highest BCUT2D eigenvalue weighted by Gasteiger charge is 1.90. The van der Waals surface area contributed by atoms with E-state index in [9.17, 15) is 4.79 Å². The molecule has 0 radical (unpaired) electrons. The van der Waals surface area contributed by atoms with Crippen LogP contribution in [0, 0.1) is 0 Å². The summed E-state index contributed by atoms with van der Waals surface area (Å²) < 4.78 is 0. The fourth-order valence-electron chi connectivity index (χ4n) is 0.626. The Bertz CT molecular complexity index is 218. The van der Waals surface area contributed by atoms with E-state index in [1.807, 2.05) is 0 Å². The maximum Gasteiger partial charge on any atom is 0.168 e. The number of nitrogens with two attached hydrogens (primary N) is 1. The van der Waals surface area contributed by atoms with E-state index in [1.165, 1.54) is 0 Å². The fraction of sp³-hybridized carbons (Fsp3) is 0.143. The monoisotopic (exact) mass is 136 g/mol. The molecule has 2 N–H and O–H groups in total. The Hall–Kier alpha value is -1.22. The Morgan fingerprint density at radius 3 is 2.80 bits per heavy atom. The van der Waals surface area contributed by atoms with Gasteiger partial charge in [-0.2, -0.15) is 0 Å². The number of nitrogens with zero attached hydrogens (tertiary/aromatic N) is 1. The van der Waals surface area contributed by atoms with Crippen LogP contribution in [0.4, 0.5) is 0 Å². The highest BCUT2D eigenvalue weighted by atomic mass is 16.1. The molecule has 0 aromatic carbocycles. The summed E-state index contributed by atoms with van der Waals surface area (Å²) in [4.78, 5) is 13.9. The molecule has 10 heavy (non-hydrogen) atoms. The lowest BCUT2D eigenvalue weighted by Gasteiger charge is -1.93. The molecule has 0 bridgehead atoms. The van der Waals surface area contributed by atoms with E-state index in [2.05, 4.69) is 4.98 Å². The van der Waals surface area contributed by atoms with Gasteiger partial charge in [0.25, 0.3) is 0 Å². The van der Waals surface area contributed by atoms with Gasteiger partial charge in [-0.1, -0.05) is 6.07 Å². The molecular weight excluding hydrogens is 128 g/mol. The minimum atomic E-state index is 0.442. The SMILES string of the molecule is NCc1ccc(C=O)nc1. The molecule has 1 aromatic heterocycles. The minimum absolute atomic E-state index is 0.442. The van der Waals surface area contributed by atoms with Crippen LogP contribution in [0.5, 0.6) is 0 Å². The van der Waals surface area contributed by atoms with Gasteiger partial charge in [-0.3, -0.25) is 9.78 Å². The van der Waals surface area contributed by atoms with Crippen molar-refractivity contribution in [3.05, 3.63) is 29.6 Å². The normalized spacial score (nSPS) is 9.30.